The lowest BCUT2D eigenvalue weighted by Gasteiger charge is -2.27. The van der Waals surface area contributed by atoms with Crippen molar-refractivity contribution in [1.29, 1.82) is 0 Å². The molecule has 8 nitrogen and oxygen atoms in total. The van der Waals surface area contributed by atoms with E-state index in [-0.39, 0.29) is 17.6 Å². The Labute approximate surface area is 199 Å². The van der Waals surface area contributed by atoms with Gasteiger partial charge in [0.05, 0.1) is 23.3 Å². The van der Waals surface area contributed by atoms with Gasteiger partial charge in [-0.2, -0.15) is 0 Å². The molecular weight excluding hydrogens is 450 g/mol. The number of hydrogen-bond acceptors (Lipinski definition) is 6. The van der Waals surface area contributed by atoms with E-state index in [0.717, 1.165) is 44.6 Å². The molecule has 0 spiro atoms. The first kappa shape index (κ1) is 20.9. The molecule has 1 aliphatic rings. The normalized spacial score (nSPS) is 15.3. The zero-order valence-corrected chi connectivity index (χ0v) is 19.6. The molecule has 0 fully saturated rings. The average molecular weight is 474 g/mol. The van der Waals surface area contributed by atoms with E-state index in [2.05, 4.69) is 19.7 Å². The highest BCUT2D eigenvalue weighted by Crippen LogP contribution is 2.32. The number of fused-ring (bicyclic) bond motifs is 4. The van der Waals surface area contributed by atoms with Crippen LogP contribution in [0.5, 0.6) is 11.5 Å². The van der Waals surface area contributed by atoms with E-state index in [9.17, 15) is 4.79 Å². The standard InChI is InChI=1S/C25H23N5O3S/c1-15-11-18(16(2)29(15)12-17-13-32-22-9-5-6-10-23(22)33-17)21(31)14-34-25-28-27-24-26-19-7-3-4-8-20(19)30(24)25/h3-11,17H,12-14H2,1-2H3,(H,26,27)/t17-/m1/s1. The lowest BCUT2D eigenvalue weighted by atomic mass is 10.2. The third-order valence-electron chi connectivity index (χ3n) is 6.16. The number of para-hydroxylation sites is 4. The summed E-state index contributed by atoms with van der Waals surface area (Å²) in [5.41, 5.74) is 4.55. The number of H-pyrrole nitrogens is 1. The quantitative estimate of drug-likeness (QED) is 0.290. The number of benzene rings is 2. The SMILES string of the molecule is Cc1cc(C(=O)CSc2n[nH]c3nc4ccccc4n23)c(C)n1C[C@@H]1COc2ccccc2O1. The molecule has 0 saturated heterocycles. The summed E-state index contributed by atoms with van der Waals surface area (Å²) in [5, 5.41) is 8.04. The van der Waals surface area contributed by atoms with Crippen molar-refractivity contribution in [2.24, 2.45) is 0 Å². The molecular formula is C25H23N5O3S. The molecule has 2 aromatic carbocycles. The molecule has 172 valence electrons. The van der Waals surface area contributed by atoms with Gasteiger partial charge in [0, 0.05) is 17.0 Å². The second kappa shape index (κ2) is 8.25. The highest BCUT2D eigenvalue weighted by Gasteiger charge is 2.24. The smallest absolute Gasteiger partial charge is 0.231 e. The van der Waals surface area contributed by atoms with Crippen LogP contribution in [0.15, 0.2) is 59.8 Å². The van der Waals surface area contributed by atoms with E-state index in [1.807, 2.05) is 72.8 Å². The van der Waals surface area contributed by atoms with E-state index in [4.69, 9.17) is 9.47 Å². The number of carbonyl (C=O) groups is 1. The Morgan fingerprint density at radius 3 is 2.82 bits per heavy atom. The fraction of sp³-hybridized carbons (Fsp3) is 0.240. The molecule has 0 radical (unpaired) electrons. The highest BCUT2D eigenvalue weighted by molar-refractivity contribution is 7.99. The first-order valence-electron chi connectivity index (χ1n) is 11.1. The second-order valence-corrected chi connectivity index (χ2v) is 9.31. The molecule has 0 unspecified atom stereocenters. The lowest BCUT2D eigenvalue weighted by molar-refractivity contribution is 0.0777. The molecule has 1 N–H and O–H groups in total. The molecule has 0 saturated carbocycles. The molecule has 0 amide bonds. The summed E-state index contributed by atoms with van der Waals surface area (Å²) in [4.78, 5) is 17.7. The minimum Gasteiger partial charge on any atom is -0.486 e. The molecule has 6 rings (SSSR count). The van der Waals surface area contributed by atoms with Gasteiger partial charge in [0.25, 0.3) is 0 Å². The molecule has 34 heavy (non-hydrogen) atoms. The maximum atomic E-state index is 13.2. The van der Waals surface area contributed by atoms with Gasteiger partial charge in [0.15, 0.2) is 28.5 Å². The van der Waals surface area contributed by atoms with Crippen molar-refractivity contribution < 1.29 is 14.3 Å². The van der Waals surface area contributed by atoms with Gasteiger partial charge in [0.1, 0.15) is 6.61 Å². The van der Waals surface area contributed by atoms with Crippen LogP contribution in [0.25, 0.3) is 16.8 Å². The maximum absolute atomic E-state index is 13.2. The first-order valence-corrected chi connectivity index (χ1v) is 12.1. The van der Waals surface area contributed by atoms with Crippen molar-refractivity contribution in [2.75, 3.05) is 12.4 Å². The molecule has 1 aliphatic heterocycles. The van der Waals surface area contributed by atoms with Crippen LogP contribution in [0.3, 0.4) is 0 Å². The van der Waals surface area contributed by atoms with Crippen LogP contribution < -0.4 is 9.47 Å². The number of aromatic nitrogens is 5. The van der Waals surface area contributed by atoms with Crippen LogP contribution in [0.2, 0.25) is 0 Å². The number of ether oxygens (including phenoxy) is 2. The van der Waals surface area contributed by atoms with Crippen LogP contribution in [-0.2, 0) is 6.54 Å². The maximum Gasteiger partial charge on any atom is 0.231 e. The Bertz CT molecular complexity index is 1530. The van der Waals surface area contributed by atoms with Crippen molar-refractivity contribution in [3.05, 3.63) is 71.5 Å². The van der Waals surface area contributed by atoms with E-state index < -0.39 is 0 Å². The number of aromatic amines is 1. The van der Waals surface area contributed by atoms with Gasteiger partial charge in [-0.15, -0.1) is 5.10 Å². The predicted octanol–water partition coefficient (Wildman–Crippen LogP) is 4.44. The minimum atomic E-state index is -0.121. The summed E-state index contributed by atoms with van der Waals surface area (Å²) in [6, 6.07) is 17.5. The van der Waals surface area contributed by atoms with Crippen LogP contribution in [0.1, 0.15) is 21.7 Å². The van der Waals surface area contributed by atoms with Gasteiger partial charge >= 0.3 is 0 Å². The fourth-order valence-corrected chi connectivity index (χ4v) is 5.31. The number of carbonyl (C=O) groups excluding carboxylic acids is 1. The van der Waals surface area contributed by atoms with E-state index >= 15 is 0 Å². The zero-order chi connectivity index (χ0) is 23.2. The predicted molar refractivity (Wildman–Crippen MR) is 130 cm³/mol. The first-order chi connectivity index (χ1) is 16.6. The Morgan fingerprint density at radius 1 is 1.15 bits per heavy atom. The third kappa shape index (κ3) is 3.52. The number of imidazole rings is 1. The van der Waals surface area contributed by atoms with E-state index in [1.165, 1.54) is 11.8 Å². The number of nitrogens with zero attached hydrogens (tertiary/aromatic N) is 4. The van der Waals surface area contributed by atoms with Crippen molar-refractivity contribution in [2.45, 2.75) is 31.7 Å². The summed E-state index contributed by atoms with van der Waals surface area (Å²) in [6.07, 6.45) is -0.121. The minimum absolute atomic E-state index is 0.0658. The van der Waals surface area contributed by atoms with E-state index in [1.54, 1.807) is 0 Å². The summed E-state index contributed by atoms with van der Waals surface area (Å²) < 4.78 is 16.1. The number of aryl methyl sites for hydroxylation is 1. The fourth-order valence-electron chi connectivity index (χ4n) is 4.47. The molecule has 9 heteroatoms. The monoisotopic (exact) mass is 473 g/mol. The van der Waals surface area contributed by atoms with Crippen molar-refractivity contribution in [3.63, 3.8) is 0 Å². The van der Waals surface area contributed by atoms with Crippen molar-refractivity contribution >= 4 is 34.4 Å². The molecule has 0 aliphatic carbocycles. The molecule has 5 aromatic rings. The van der Waals surface area contributed by atoms with Crippen LogP contribution in [0.4, 0.5) is 0 Å². The second-order valence-electron chi connectivity index (χ2n) is 8.37. The van der Waals surface area contributed by atoms with Crippen molar-refractivity contribution in [1.82, 2.24) is 24.1 Å². The molecule has 0 bridgehead atoms. The molecule has 4 heterocycles. The van der Waals surface area contributed by atoms with Crippen LogP contribution in [0, 0.1) is 13.8 Å². The summed E-state index contributed by atoms with van der Waals surface area (Å²) in [5.74, 6) is 2.55. The largest absolute Gasteiger partial charge is 0.486 e. The molecule has 1 atom stereocenters. The average Bonchev–Trinajstić information content (AvgIpc) is 3.51. The number of thioether (sulfide) groups is 1. The Hall–Kier alpha value is -3.72. The topological polar surface area (TPSA) is 86.4 Å². The van der Waals surface area contributed by atoms with Gasteiger partial charge in [-0.25, -0.2) is 10.1 Å². The Balaban J connectivity index is 1.18. The zero-order valence-electron chi connectivity index (χ0n) is 18.8. The number of hydrogen-bond donors (Lipinski definition) is 1. The number of rotatable bonds is 6. The number of Topliss-reactive ketones (excluding diaryl/α,β-unsaturated/α-hetero) is 1. The number of ketones is 1. The van der Waals surface area contributed by atoms with Gasteiger partial charge in [-0.1, -0.05) is 36.0 Å². The van der Waals surface area contributed by atoms with Gasteiger partial charge in [-0.05, 0) is 44.2 Å². The lowest BCUT2D eigenvalue weighted by Crippen LogP contribution is -2.33. The van der Waals surface area contributed by atoms with Crippen molar-refractivity contribution in [3.8, 4) is 11.5 Å². The summed E-state index contributed by atoms with van der Waals surface area (Å²) in [7, 11) is 0. The Kier molecular flexibility index (Phi) is 5.06. The van der Waals surface area contributed by atoms with Gasteiger partial charge < -0.3 is 14.0 Å². The third-order valence-corrected chi connectivity index (χ3v) is 7.10. The Morgan fingerprint density at radius 2 is 1.94 bits per heavy atom. The summed E-state index contributed by atoms with van der Waals surface area (Å²) >= 11 is 1.41. The van der Waals surface area contributed by atoms with Gasteiger partial charge in [-0.3, -0.25) is 9.20 Å². The van der Waals surface area contributed by atoms with E-state index in [0.29, 0.717) is 18.9 Å². The van der Waals surface area contributed by atoms with Crippen LogP contribution >= 0.6 is 11.8 Å². The highest BCUT2D eigenvalue weighted by atomic mass is 32.2. The molecule has 3 aromatic heterocycles. The number of nitrogens with one attached hydrogen (secondary N) is 1. The van der Waals surface area contributed by atoms with Gasteiger partial charge in [0.2, 0.25) is 5.78 Å². The van der Waals surface area contributed by atoms with Crippen LogP contribution in [-0.4, -0.2) is 48.4 Å². The summed E-state index contributed by atoms with van der Waals surface area (Å²) in [6.45, 7) is 5.09.